The molecule has 2 aromatic carbocycles. The van der Waals surface area contributed by atoms with Crippen LogP contribution in [0, 0.1) is 0 Å². The van der Waals surface area contributed by atoms with E-state index in [1.54, 1.807) is 7.11 Å². The normalized spacial score (nSPS) is 18.4. The minimum Gasteiger partial charge on any atom is -0.496 e. The number of fused-ring (bicyclic) bond motifs is 1. The first kappa shape index (κ1) is 17.6. The lowest BCUT2D eigenvalue weighted by atomic mass is 9.95. The molecule has 0 radical (unpaired) electrons. The molecule has 0 bridgehead atoms. The van der Waals surface area contributed by atoms with E-state index in [4.69, 9.17) is 14.2 Å². The minimum absolute atomic E-state index is 0.0943. The van der Waals surface area contributed by atoms with Gasteiger partial charge in [0, 0.05) is 29.7 Å². The maximum absolute atomic E-state index is 5.70. The Morgan fingerprint density at radius 2 is 1.96 bits per heavy atom. The Hall–Kier alpha value is -1.76. The van der Waals surface area contributed by atoms with Crippen molar-refractivity contribution in [1.82, 2.24) is 10.2 Å². The first-order valence-electron chi connectivity index (χ1n) is 8.94. The van der Waals surface area contributed by atoms with Crippen LogP contribution in [0.1, 0.15) is 23.6 Å². The van der Waals surface area contributed by atoms with Gasteiger partial charge in [0.05, 0.1) is 13.2 Å². The Kier molecular flexibility index (Phi) is 5.33. The molecule has 4 rings (SSSR count). The van der Waals surface area contributed by atoms with E-state index in [0.29, 0.717) is 0 Å². The molecular formula is C20H23BrN2O3. The fourth-order valence-corrected chi connectivity index (χ4v) is 4.09. The van der Waals surface area contributed by atoms with Crippen molar-refractivity contribution in [2.24, 2.45) is 0 Å². The summed E-state index contributed by atoms with van der Waals surface area (Å²) in [5, 5.41) is 3.49. The van der Waals surface area contributed by atoms with Gasteiger partial charge in [-0.1, -0.05) is 22.0 Å². The summed E-state index contributed by atoms with van der Waals surface area (Å²) in [6, 6.07) is 12.5. The van der Waals surface area contributed by atoms with Gasteiger partial charge in [0.25, 0.3) is 0 Å². The molecule has 2 aromatic rings. The van der Waals surface area contributed by atoms with Gasteiger partial charge in [0.1, 0.15) is 5.75 Å². The molecular weight excluding hydrogens is 396 g/mol. The van der Waals surface area contributed by atoms with Gasteiger partial charge in [-0.15, -0.1) is 0 Å². The highest BCUT2D eigenvalue weighted by Gasteiger charge is 2.28. The number of methoxy groups -OCH3 is 1. The molecule has 1 unspecified atom stereocenters. The number of nitrogens with zero attached hydrogens (tertiary/aromatic N) is 1. The lowest BCUT2D eigenvalue weighted by Crippen LogP contribution is -2.33. The summed E-state index contributed by atoms with van der Waals surface area (Å²) in [7, 11) is 1.73. The fourth-order valence-electron chi connectivity index (χ4n) is 3.71. The Balaban J connectivity index is 1.80. The summed E-state index contributed by atoms with van der Waals surface area (Å²) in [5.41, 5.74) is 2.34. The van der Waals surface area contributed by atoms with Crippen LogP contribution in [0.5, 0.6) is 17.2 Å². The zero-order valence-electron chi connectivity index (χ0n) is 14.8. The van der Waals surface area contributed by atoms with Crippen molar-refractivity contribution >= 4 is 15.9 Å². The van der Waals surface area contributed by atoms with Crippen LogP contribution < -0.4 is 19.5 Å². The Morgan fingerprint density at radius 3 is 2.85 bits per heavy atom. The number of halogens is 1. The Bertz CT molecular complexity index is 776. The highest BCUT2D eigenvalue weighted by molar-refractivity contribution is 9.10. The molecule has 2 aliphatic heterocycles. The largest absolute Gasteiger partial charge is 0.496 e. The zero-order valence-corrected chi connectivity index (χ0v) is 16.4. The van der Waals surface area contributed by atoms with Crippen LogP contribution in [0.2, 0.25) is 0 Å². The van der Waals surface area contributed by atoms with Gasteiger partial charge in [-0.3, -0.25) is 4.90 Å². The second kappa shape index (κ2) is 7.86. The van der Waals surface area contributed by atoms with E-state index in [9.17, 15) is 0 Å². The van der Waals surface area contributed by atoms with Crippen molar-refractivity contribution in [2.45, 2.75) is 12.5 Å². The van der Waals surface area contributed by atoms with Crippen LogP contribution in [-0.4, -0.2) is 45.0 Å². The Labute approximate surface area is 162 Å². The average molecular weight is 419 g/mol. The summed E-state index contributed by atoms with van der Waals surface area (Å²) in [5.74, 6) is 2.52. The van der Waals surface area contributed by atoms with Gasteiger partial charge in [0.2, 0.25) is 6.79 Å². The summed E-state index contributed by atoms with van der Waals surface area (Å²) in [4.78, 5) is 2.52. The molecule has 0 amide bonds. The van der Waals surface area contributed by atoms with Crippen molar-refractivity contribution in [3.8, 4) is 17.2 Å². The van der Waals surface area contributed by atoms with Crippen LogP contribution in [-0.2, 0) is 0 Å². The van der Waals surface area contributed by atoms with Crippen LogP contribution in [0.4, 0.5) is 0 Å². The topological polar surface area (TPSA) is 43.0 Å². The van der Waals surface area contributed by atoms with E-state index < -0.39 is 0 Å². The molecule has 1 fully saturated rings. The molecule has 1 saturated heterocycles. The van der Waals surface area contributed by atoms with Crippen LogP contribution in [0.15, 0.2) is 40.9 Å². The first-order valence-corrected chi connectivity index (χ1v) is 9.73. The summed E-state index contributed by atoms with van der Waals surface area (Å²) in [6.45, 7) is 4.34. The highest BCUT2D eigenvalue weighted by Crippen LogP contribution is 2.41. The number of hydrogen-bond donors (Lipinski definition) is 1. The first-order chi connectivity index (χ1) is 12.8. The number of hydrogen-bond acceptors (Lipinski definition) is 5. The fraction of sp³-hybridized carbons (Fsp3) is 0.400. The van der Waals surface area contributed by atoms with Crippen molar-refractivity contribution in [2.75, 3.05) is 40.1 Å². The maximum Gasteiger partial charge on any atom is 0.231 e. The third-order valence-electron chi connectivity index (χ3n) is 4.94. The van der Waals surface area contributed by atoms with Crippen molar-refractivity contribution < 1.29 is 14.2 Å². The molecule has 5 nitrogen and oxygen atoms in total. The second-order valence-corrected chi connectivity index (χ2v) is 7.46. The summed E-state index contributed by atoms with van der Waals surface area (Å²) < 4.78 is 17.9. The molecule has 2 heterocycles. The predicted octanol–water partition coefficient (Wildman–Crippen LogP) is 3.57. The number of rotatable bonds is 4. The van der Waals surface area contributed by atoms with E-state index in [1.807, 2.05) is 18.2 Å². The quantitative estimate of drug-likeness (QED) is 0.821. The molecule has 0 aliphatic carbocycles. The molecule has 26 heavy (non-hydrogen) atoms. The standard InChI is InChI=1S/C20H23BrN2O3/c1-24-17-6-4-15(21)12-16(17)20(23-9-2-7-22-8-10-23)14-3-5-18-19(11-14)26-13-25-18/h3-6,11-12,20,22H,2,7-10,13H2,1H3. The highest BCUT2D eigenvalue weighted by atomic mass is 79.9. The SMILES string of the molecule is COc1ccc(Br)cc1C(c1ccc2c(c1)OCO2)N1CCCNCC1. The van der Waals surface area contributed by atoms with Crippen LogP contribution in [0.25, 0.3) is 0 Å². The van der Waals surface area contributed by atoms with Gasteiger partial charge in [0.15, 0.2) is 11.5 Å². The van der Waals surface area contributed by atoms with Crippen molar-refractivity contribution in [3.05, 3.63) is 52.0 Å². The van der Waals surface area contributed by atoms with Crippen molar-refractivity contribution in [3.63, 3.8) is 0 Å². The lowest BCUT2D eigenvalue weighted by Gasteiger charge is -2.32. The number of nitrogens with one attached hydrogen (secondary N) is 1. The van der Waals surface area contributed by atoms with Gasteiger partial charge in [-0.05, 0) is 48.9 Å². The molecule has 0 spiro atoms. The summed E-state index contributed by atoms with van der Waals surface area (Å²) in [6.07, 6.45) is 1.12. The third-order valence-corrected chi connectivity index (χ3v) is 5.43. The van der Waals surface area contributed by atoms with Gasteiger partial charge >= 0.3 is 0 Å². The van der Waals surface area contributed by atoms with Gasteiger partial charge in [-0.2, -0.15) is 0 Å². The van der Waals surface area contributed by atoms with E-state index in [0.717, 1.165) is 59.9 Å². The molecule has 0 aromatic heterocycles. The monoisotopic (exact) mass is 418 g/mol. The molecule has 6 heteroatoms. The maximum atomic E-state index is 5.70. The second-order valence-electron chi connectivity index (χ2n) is 6.54. The third kappa shape index (κ3) is 3.54. The van der Waals surface area contributed by atoms with Gasteiger partial charge < -0.3 is 19.5 Å². The van der Waals surface area contributed by atoms with E-state index >= 15 is 0 Å². The van der Waals surface area contributed by atoms with E-state index in [2.05, 4.69) is 44.3 Å². The predicted molar refractivity (Wildman–Crippen MR) is 104 cm³/mol. The average Bonchev–Trinajstić information content (AvgIpc) is 2.96. The van der Waals surface area contributed by atoms with E-state index in [1.165, 1.54) is 5.56 Å². The van der Waals surface area contributed by atoms with Crippen molar-refractivity contribution in [1.29, 1.82) is 0 Å². The molecule has 0 saturated carbocycles. The zero-order chi connectivity index (χ0) is 17.9. The minimum atomic E-state index is 0.0943. The molecule has 1 N–H and O–H groups in total. The van der Waals surface area contributed by atoms with Crippen LogP contribution in [0.3, 0.4) is 0 Å². The number of benzene rings is 2. The van der Waals surface area contributed by atoms with E-state index in [-0.39, 0.29) is 12.8 Å². The molecule has 138 valence electrons. The number of ether oxygens (including phenoxy) is 3. The summed E-state index contributed by atoms with van der Waals surface area (Å²) >= 11 is 3.62. The smallest absolute Gasteiger partial charge is 0.231 e. The Morgan fingerprint density at radius 1 is 1.08 bits per heavy atom. The molecule has 1 atom stereocenters. The lowest BCUT2D eigenvalue weighted by molar-refractivity contribution is 0.173. The van der Waals surface area contributed by atoms with Gasteiger partial charge in [-0.25, -0.2) is 0 Å². The van der Waals surface area contributed by atoms with Crippen LogP contribution >= 0.6 is 15.9 Å². The molecule has 2 aliphatic rings.